The van der Waals surface area contributed by atoms with Crippen LogP contribution in [-0.2, 0) is 13.1 Å². The first-order chi connectivity index (χ1) is 13.0. The summed E-state index contributed by atoms with van der Waals surface area (Å²) in [5.74, 6) is 2.47. The lowest BCUT2D eigenvalue weighted by atomic mass is 10.1. The van der Waals surface area contributed by atoms with Crippen LogP contribution in [0.15, 0.2) is 28.6 Å². The highest BCUT2D eigenvalue weighted by Gasteiger charge is 2.22. The zero-order valence-electron chi connectivity index (χ0n) is 17.0. The lowest BCUT2D eigenvalue weighted by Gasteiger charge is -2.15. The Bertz CT molecular complexity index is 789. The molecule has 1 aromatic heterocycles. The second kappa shape index (κ2) is 10.8. The number of thiazole rings is 1. The van der Waals surface area contributed by atoms with Crippen molar-refractivity contribution in [2.24, 2.45) is 10.9 Å². The molecule has 0 aliphatic heterocycles. The lowest BCUT2D eigenvalue weighted by molar-refractivity contribution is 0.296. The zero-order valence-corrected chi connectivity index (χ0v) is 20.1. The summed E-state index contributed by atoms with van der Waals surface area (Å²) < 4.78 is 6.05. The molecule has 2 aromatic rings. The van der Waals surface area contributed by atoms with Crippen molar-refractivity contribution >= 4 is 46.4 Å². The van der Waals surface area contributed by atoms with Crippen molar-refractivity contribution in [1.82, 2.24) is 15.6 Å². The predicted molar refractivity (Wildman–Crippen MR) is 128 cm³/mol. The maximum Gasteiger partial charge on any atom is 0.191 e. The molecule has 1 aliphatic rings. The first kappa shape index (κ1) is 22.7. The normalized spacial score (nSPS) is 13.6. The minimum Gasteiger partial charge on any atom is -0.493 e. The third kappa shape index (κ3) is 6.80. The molecule has 0 bridgehead atoms. The molecule has 154 valence electrons. The summed E-state index contributed by atoms with van der Waals surface area (Å²) in [7, 11) is 5.78. The first-order valence-corrected chi connectivity index (χ1v) is 10.2. The van der Waals surface area contributed by atoms with Crippen molar-refractivity contribution in [1.29, 1.82) is 0 Å². The second-order valence-electron chi connectivity index (χ2n) is 7.16. The van der Waals surface area contributed by atoms with Crippen LogP contribution in [0.4, 0.5) is 5.13 Å². The summed E-state index contributed by atoms with van der Waals surface area (Å²) in [4.78, 5) is 10.9. The second-order valence-corrected chi connectivity index (χ2v) is 8.00. The SMILES string of the molecule is CN=C(NCc1csc(N(C)C)n1)NCc1ccc(C)cc1OCC1CC1.I. The summed E-state index contributed by atoms with van der Waals surface area (Å²) in [5.41, 5.74) is 3.37. The number of halogens is 1. The topological polar surface area (TPSA) is 61.8 Å². The van der Waals surface area contributed by atoms with Crippen molar-refractivity contribution in [2.75, 3.05) is 32.6 Å². The van der Waals surface area contributed by atoms with Crippen LogP contribution in [0.2, 0.25) is 0 Å². The number of hydrogen-bond acceptors (Lipinski definition) is 5. The molecule has 8 heteroatoms. The monoisotopic (exact) mass is 515 g/mol. The molecular weight excluding hydrogens is 485 g/mol. The van der Waals surface area contributed by atoms with E-state index < -0.39 is 0 Å². The standard InChI is InChI=1S/C20H29N5OS.HI/c1-14-5-8-16(18(9-14)26-12-15-6-7-15)10-22-19(21-2)23-11-17-13-27-20(24-17)25(3)4;/h5,8-9,13,15H,6-7,10-12H2,1-4H3,(H2,21,22,23);1H. The van der Waals surface area contributed by atoms with Crippen LogP contribution in [0, 0.1) is 12.8 Å². The van der Waals surface area contributed by atoms with Gasteiger partial charge in [0.15, 0.2) is 11.1 Å². The number of rotatable bonds is 8. The molecule has 0 radical (unpaired) electrons. The van der Waals surface area contributed by atoms with Crippen molar-refractivity contribution in [3.8, 4) is 5.75 Å². The Hall–Kier alpha value is -1.55. The maximum absolute atomic E-state index is 6.05. The average Bonchev–Trinajstić information content (AvgIpc) is 3.36. The molecule has 1 heterocycles. The highest BCUT2D eigenvalue weighted by molar-refractivity contribution is 14.0. The number of ether oxygens (including phenoxy) is 1. The number of hydrogen-bond donors (Lipinski definition) is 2. The molecule has 2 N–H and O–H groups in total. The van der Waals surface area contributed by atoms with Gasteiger partial charge < -0.3 is 20.3 Å². The van der Waals surface area contributed by atoms with Crippen molar-refractivity contribution < 1.29 is 4.74 Å². The van der Waals surface area contributed by atoms with E-state index in [-0.39, 0.29) is 24.0 Å². The highest BCUT2D eigenvalue weighted by Crippen LogP contribution is 2.30. The molecule has 0 amide bonds. The number of guanidine groups is 1. The summed E-state index contributed by atoms with van der Waals surface area (Å²) in [6.07, 6.45) is 2.59. The molecule has 6 nitrogen and oxygen atoms in total. The molecular formula is C20H30IN5OS. The van der Waals surface area contributed by atoms with Gasteiger partial charge in [-0.25, -0.2) is 4.98 Å². The molecule has 1 aliphatic carbocycles. The fourth-order valence-electron chi connectivity index (χ4n) is 2.59. The van der Waals surface area contributed by atoms with Crippen molar-refractivity contribution in [3.63, 3.8) is 0 Å². The molecule has 3 rings (SSSR count). The van der Waals surface area contributed by atoms with E-state index >= 15 is 0 Å². The fraction of sp³-hybridized carbons (Fsp3) is 0.500. The van der Waals surface area contributed by atoms with Gasteiger partial charge in [-0.15, -0.1) is 35.3 Å². The summed E-state index contributed by atoms with van der Waals surface area (Å²) in [6.45, 7) is 4.22. The fourth-order valence-corrected chi connectivity index (χ4v) is 3.35. The van der Waals surface area contributed by atoms with Gasteiger partial charge in [0.05, 0.1) is 18.8 Å². The molecule has 1 fully saturated rings. The third-order valence-corrected chi connectivity index (χ3v) is 5.48. The Kier molecular flexibility index (Phi) is 8.81. The van der Waals surface area contributed by atoms with Gasteiger partial charge in [-0.2, -0.15) is 0 Å². The first-order valence-electron chi connectivity index (χ1n) is 9.33. The van der Waals surface area contributed by atoms with Crippen LogP contribution < -0.4 is 20.3 Å². The summed E-state index contributed by atoms with van der Waals surface area (Å²) in [6, 6.07) is 6.37. The van der Waals surface area contributed by atoms with E-state index in [1.807, 2.05) is 19.0 Å². The van der Waals surface area contributed by atoms with Gasteiger partial charge in [0, 0.05) is 38.6 Å². The molecule has 1 aromatic carbocycles. The van der Waals surface area contributed by atoms with Crippen LogP contribution in [0.25, 0.3) is 0 Å². The lowest BCUT2D eigenvalue weighted by Crippen LogP contribution is -2.36. The number of anilines is 1. The number of aromatic nitrogens is 1. The van der Waals surface area contributed by atoms with Gasteiger partial charge in [0.1, 0.15) is 5.75 Å². The Morgan fingerprint density at radius 2 is 2.04 bits per heavy atom. The van der Waals surface area contributed by atoms with E-state index in [1.54, 1.807) is 18.4 Å². The zero-order chi connectivity index (χ0) is 19.2. The van der Waals surface area contributed by atoms with Crippen LogP contribution in [0.3, 0.4) is 0 Å². The maximum atomic E-state index is 6.05. The van der Waals surface area contributed by atoms with Gasteiger partial charge in [-0.05, 0) is 37.3 Å². The molecule has 0 spiro atoms. The molecule has 0 unspecified atom stereocenters. The number of aliphatic imine (C=N–C) groups is 1. The Labute approximate surface area is 188 Å². The van der Waals surface area contributed by atoms with Crippen molar-refractivity contribution in [3.05, 3.63) is 40.4 Å². The van der Waals surface area contributed by atoms with E-state index in [9.17, 15) is 0 Å². The van der Waals surface area contributed by atoms with Gasteiger partial charge >= 0.3 is 0 Å². The van der Waals surface area contributed by atoms with E-state index in [0.717, 1.165) is 40.6 Å². The Morgan fingerprint density at radius 3 is 2.68 bits per heavy atom. The smallest absolute Gasteiger partial charge is 0.191 e. The van der Waals surface area contributed by atoms with Gasteiger partial charge in [-0.3, -0.25) is 4.99 Å². The van der Waals surface area contributed by atoms with Gasteiger partial charge in [0.2, 0.25) is 0 Å². The minimum atomic E-state index is 0. The van der Waals surface area contributed by atoms with Gasteiger partial charge in [-0.1, -0.05) is 12.1 Å². The van der Waals surface area contributed by atoms with Crippen LogP contribution in [0.1, 0.15) is 29.7 Å². The predicted octanol–water partition coefficient (Wildman–Crippen LogP) is 3.79. The highest BCUT2D eigenvalue weighted by atomic mass is 127. The molecule has 28 heavy (non-hydrogen) atoms. The quantitative estimate of drug-likeness (QED) is 0.318. The summed E-state index contributed by atoms with van der Waals surface area (Å²) in [5, 5.41) is 9.77. The third-order valence-electron chi connectivity index (χ3n) is 4.42. The minimum absolute atomic E-state index is 0. The van der Waals surface area contributed by atoms with Crippen LogP contribution >= 0.6 is 35.3 Å². The Balaban J connectivity index is 0.00000280. The van der Waals surface area contributed by atoms with E-state index in [0.29, 0.717) is 13.1 Å². The number of aryl methyl sites for hydroxylation is 1. The van der Waals surface area contributed by atoms with Crippen molar-refractivity contribution in [2.45, 2.75) is 32.9 Å². The van der Waals surface area contributed by atoms with E-state index in [2.05, 4.69) is 51.1 Å². The average molecular weight is 515 g/mol. The van der Waals surface area contributed by atoms with E-state index in [4.69, 9.17) is 4.74 Å². The number of nitrogens with one attached hydrogen (secondary N) is 2. The summed E-state index contributed by atoms with van der Waals surface area (Å²) >= 11 is 1.64. The number of benzene rings is 1. The molecule has 0 saturated heterocycles. The van der Waals surface area contributed by atoms with Crippen LogP contribution in [0.5, 0.6) is 5.75 Å². The van der Waals surface area contributed by atoms with E-state index in [1.165, 1.54) is 18.4 Å². The number of nitrogens with zero attached hydrogens (tertiary/aromatic N) is 3. The molecule has 0 atom stereocenters. The molecule has 1 saturated carbocycles. The van der Waals surface area contributed by atoms with Crippen LogP contribution in [-0.4, -0.2) is 38.7 Å². The van der Waals surface area contributed by atoms with Gasteiger partial charge in [0.25, 0.3) is 0 Å². The largest absolute Gasteiger partial charge is 0.493 e. The Morgan fingerprint density at radius 1 is 1.29 bits per heavy atom.